The number of rotatable bonds is 6. The van der Waals surface area contributed by atoms with Crippen LogP contribution in [0.15, 0.2) is 53.7 Å². The summed E-state index contributed by atoms with van der Waals surface area (Å²) in [6, 6.07) is 10.6. The minimum absolute atomic E-state index is 0.358. The molecule has 0 amide bonds. The molecular formula is C14H18OSe. The maximum absolute atomic E-state index is 5.41. The molecule has 0 fully saturated rings. The molecule has 0 heterocycles. The first-order valence-corrected chi connectivity index (χ1v) is 7.10. The summed E-state index contributed by atoms with van der Waals surface area (Å²) in [5.41, 5.74) is 0. The number of allylic oxidation sites excluding steroid dienone is 1. The molecular weight excluding hydrogens is 263 g/mol. The molecule has 0 unspecified atom stereocenters. The summed E-state index contributed by atoms with van der Waals surface area (Å²) in [5, 5.41) is 0. The van der Waals surface area contributed by atoms with E-state index < -0.39 is 0 Å². The van der Waals surface area contributed by atoms with E-state index >= 15 is 0 Å². The van der Waals surface area contributed by atoms with Gasteiger partial charge in [0.15, 0.2) is 0 Å². The fraction of sp³-hybridized carbons (Fsp3) is 0.286. The van der Waals surface area contributed by atoms with Crippen molar-refractivity contribution in [3.8, 4) is 0 Å². The van der Waals surface area contributed by atoms with Crippen LogP contribution in [0.1, 0.15) is 13.8 Å². The first-order valence-electron chi connectivity index (χ1n) is 5.39. The standard InChI is InChI=1S/C14H18OSe/c1-4-10-15-11-14(12(2)3)16-13-8-6-5-7-9-13/h4-9,11-12H,1,10H2,2-3H3/b14-11-. The summed E-state index contributed by atoms with van der Waals surface area (Å²) in [6.45, 7) is 8.63. The van der Waals surface area contributed by atoms with Gasteiger partial charge in [-0.15, -0.1) is 0 Å². The van der Waals surface area contributed by atoms with Crippen LogP contribution in [0.25, 0.3) is 0 Å². The second-order valence-corrected chi connectivity index (χ2v) is 6.12. The molecule has 0 radical (unpaired) electrons. The van der Waals surface area contributed by atoms with E-state index in [1.54, 1.807) is 6.08 Å². The van der Waals surface area contributed by atoms with Crippen molar-refractivity contribution < 1.29 is 4.74 Å². The second-order valence-electron chi connectivity index (χ2n) is 3.71. The predicted octanol–water partition coefficient (Wildman–Crippen LogP) is 2.72. The van der Waals surface area contributed by atoms with E-state index in [-0.39, 0.29) is 0 Å². The molecule has 0 atom stereocenters. The average Bonchev–Trinajstić information content (AvgIpc) is 2.29. The van der Waals surface area contributed by atoms with E-state index in [2.05, 4.69) is 44.7 Å². The van der Waals surface area contributed by atoms with Crippen molar-refractivity contribution in [2.45, 2.75) is 13.8 Å². The van der Waals surface area contributed by atoms with Crippen molar-refractivity contribution in [1.82, 2.24) is 0 Å². The van der Waals surface area contributed by atoms with Gasteiger partial charge in [-0.3, -0.25) is 0 Å². The van der Waals surface area contributed by atoms with Gasteiger partial charge in [-0.1, -0.05) is 0 Å². The molecule has 0 saturated carbocycles. The molecule has 0 bridgehead atoms. The average molecular weight is 281 g/mol. The van der Waals surface area contributed by atoms with Gasteiger partial charge in [-0.05, 0) is 0 Å². The Morgan fingerprint density at radius 1 is 1.38 bits per heavy atom. The van der Waals surface area contributed by atoms with E-state index in [0.29, 0.717) is 27.5 Å². The van der Waals surface area contributed by atoms with Crippen LogP contribution in [0, 0.1) is 5.92 Å². The van der Waals surface area contributed by atoms with Crippen molar-refractivity contribution in [2.75, 3.05) is 6.61 Å². The zero-order valence-electron chi connectivity index (χ0n) is 9.85. The van der Waals surface area contributed by atoms with Crippen molar-refractivity contribution in [1.29, 1.82) is 0 Å². The predicted molar refractivity (Wildman–Crippen MR) is 70.9 cm³/mol. The summed E-state index contributed by atoms with van der Waals surface area (Å²) in [4.78, 5) is 0. The van der Waals surface area contributed by atoms with E-state index in [9.17, 15) is 0 Å². The molecule has 0 aliphatic carbocycles. The van der Waals surface area contributed by atoms with Gasteiger partial charge in [0.2, 0.25) is 0 Å². The number of hydrogen-bond donors (Lipinski definition) is 0. The van der Waals surface area contributed by atoms with E-state index in [1.165, 1.54) is 8.93 Å². The van der Waals surface area contributed by atoms with Crippen LogP contribution in [0.3, 0.4) is 0 Å². The third-order valence-electron chi connectivity index (χ3n) is 1.96. The molecule has 0 aliphatic rings. The Morgan fingerprint density at radius 3 is 2.62 bits per heavy atom. The molecule has 0 aliphatic heterocycles. The molecule has 1 aromatic rings. The van der Waals surface area contributed by atoms with Crippen molar-refractivity contribution in [3.63, 3.8) is 0 Å². The van der Waals surface area contributed by atoms with Gasteiger partial charge in [0.25, 0.3) is 0 Å². The van der Waals surface area contributed by atoms with Gasteiger partial charge in [0, 0.05) is 0 Å². The molecule has 2 heteroatoms. The molecule has 86 valence electrons. The maximum atomic E-state index is 5.41. The van der Waals surface area contributed by atoms with Gasteiger partial charge in [0.05, 0.1) is 0 Å². The Hall–Kier alpha value is -0.981. The van der Waals surface area contributed by atoms with Crippen molar-refractivity contribution >= 4 is 19.4 Å². The summed E-state index contributed by atoms with van der Waals surface area (Å²) in [7, 11) is 0. The second kappa shape index (κ2) is 7.32. The quantitative estimate of drug-likeness (QED) is 0.337. The Labute approximate surface area is 104 Å². The van der Waals surface area contributed by atoms with Gasteiger partial charge in [-0.2, -0.15) is 0 Å². The van der Waals surface area contributed by atoms with Crippen LogP contribution in [-0.2, 0) is 4.74 Å². The molecule has 0 saturated heterocycles. The zero-order valence-corrected chi connectivity index (χ0v) is 11.6. The number of hydrogen-bond acceptors (Lipinski definition) is 1. The fourth-order valence-electron chi connectivity index (χ4n) is 1.10. The number of benzene rings is 1. The molecule has 1 rings (SSSR count). The zero-order chi connectivity index (χ0) is 11.8. The van der Waals surface area contributed by atoms with Gasteiger partial charge in [0.1, 0.15) is 0 Å². The van der Waals surface area contributed by atoms with Crippen LogP contribution in [0.4, 0.5) is 0 Å². The Kier molecular flexibility index (Phi) is 5.99. The summed E-state index contributed by atoms with van der Waals surface area (Å²) in [5.74, 6) is 0.532. The molecule has 16 heavy (non-hydrogen) atoms. The number of ether oxygens (including phenoxy) is 1. The van der Waals surface area contributed by atoms with E-state index in [1.807, 2.05) is 12.3 Å². The first kappa shape index (κ1) is 13.1. The monoisotopic (exact) mass is 282 g/mol. The SMILES string of the molecule is C=CCO/C=C(\[Se]c1ccccc1)C(C)C. The van der Waals surface area contributed by atoms with Gasteiger partial charge in [-0.25, -0.2) is 0 Å². The first-order chi connectivity index (χ1) is 7.74. The summed E-state index contributed by atoms with van der Waals surface area (Å²) >= 11 is 0.358. The van der Waals surface area contributed by atoms with Gasteiger partial charge < -0.3 is 0 Å². The molecule has 1 nitrogen and oxygen atoms in total. The van der Waals surface area contributed by atoms with Crippen LogP contribution >= 0.6 is 0 Å². The molecule has 0 N–H and O–H groups in total. The third kappa shape index (κ3) is 4.69. The third-order valence-corrected chi connectivity index (χ3v) is 4.71. The normalized spacial score (nSPS) is 11.6. The molecule has 0 spiro atoms. The Bertz CT molecular complexity index is 341. The fourth-order valence-corrected chi connectivity index (χ4v) is 3.03. The van der Waals surface area contributed by atoms with E-state index in [0.717, 1.165) is 0 Å². The minimum atomic E-state index is 0.358. The van der Waals surface area contributed by atoms with Crippen molar-refractivity contribution in [3.05, 3.63) is 53.7 Å². The van der Waals surface area contributed by atoms with E-state index in [4.69, 9.17) is 4.74 Å². The topological polar surface area (TPSA) is 9.23 Å². The van der Waals surface area contributed by atoms with Crippen LogP contribution in [0.2, 0.25) is 0 Å². The Balaban J connectivity index is 2.65. The van der Waals surface area contributed by atoms with Crippen molar-refractivity contribution in [2.24, 2.45) is 5.92 Å². The molecule has 0 aromatic heterocycles. The Morgan fingerprint density at radius 2 is 2.06 bits per heavy atom. The van der Waals surface area contributed by atoms with Crippen LogP contribution < -0.4 is 4.46 Å². The van der Waals surface area contributed by atoms with Crippen LogP contribution in [-0.4, -0.2) is 21.6 Å². The molecule has 1 aromatic carbocycles. The summed E-state index contributed by atoms with van der Waals surface area (Å²) in [6.07, 6.45) is 3.67. The van der Waals surface area contributed by atoms with Crippen LogP contribution in [0.5, 0.6) is 0 Å². The van der Waals surface area contributed by atoms with Gasteiger partial charge >= 0.3 is 104 Å². The summed E-state index contributed by atoms with van der Waals surface area (Å²) < 4.78 is 8.18.